The molecule has 0 aliphatic heterocycles. The third-order valence-corrected chi connectivity index (χ3v) is 4.94. The zero-order valence-electron chi connectivity index (χ0n) is 16.6. The number of rotatable bonds is 6. The molecule has 1 heterocycles. The first kappa shape index (κ1) is 20.6. The summed E-state index contributed by atoms with van der Waals surface area (Å²) in [6.45, 7) is 1.98. The van der Waals surface area contributed by atoms with Gasteiger partial charge >= 0.3 is 0 Å². The maximum absolute atomic E-state index is 14.4. The van der Waals surface area contributed by atoms with E-state index in [9.17, 15) is 9.18 Å². The lowest BCUT2D eigenvalue weighted by Gasteiger charge is -2.10. The monoisotopic (exact) mass is 436 g/mol. The van der Waals surface area contributed by atoms with Crippen molar-refractivity contribution in [3.05, 3.63) is 101 Å². The van der Waals surface area contributed by atoms with E-state index in [1.54, 1.807) is 31.2 Å². The fourth-order valence-corrected chi connectivity index (χ4v) is 3.38. The molecule has 0 fully saturated rings. The molecular formula is C24H18ClFN2O3. The summed E-state index contributed by atoms with van der Waals surface area (Å²) < 4.78 is 25.4. The van der Waals surface area contributed by atoms with E-state index < -0.39 is 11.7 Å². The third-order valence-electron chi connectivity index (χ3n) is 4.63. The number of nitrogens with zero attached hydrogens (tertiary/aromatic N) is 1. The second-order valence-corrected chi connectivity index (χ2v) is 7.22. The molecule has 5 nitrogen and oxygen atoms in total. The minimum absolute atomic E-state index is 0.0195. The van der Waals surface area contributed by atoms with Gasteiger partial charge in [0.2, 0.25) is 0 Å². The van der Waals surface area contributed by atoms with Gasteiger partial charge in [0.15, 0.2) is 0 Å². The molecule has 0 saturated carbocycles. The number of aromatic nitrogens is 1. The number of halogens is 2. The normalized spacial score (nSPS) is 10.7. The second-order valence-electron chi connectivity index (χ2n) is 6.82. The highest BCUT2D eigenvalue weighted by molar-refractivity contribution is 6.33. The van der Waals surface area contributed by atoms with Crippen molar-refractivity contribution in [3.63, 3.8) is 0 Å². The molecule has 0 radical (unpaired) electrons. The van der Waals surface area contributed by atoms with Gasteiger partial charge in [0.25, 0.3) is 5.91 Å². The molecular weight excluding hydrogens is 419 g/mol. The Hall–Kier alpha value is -3.64. The van der Waals surface area contributed by atoms with E-state index in [1.807, 2.05) is 30.3 Å². The van der Waals surface area contributed by atoms with E-state index in [4.69, 9.17) is 20.9 Å². The van der Waals surface area contributed by atoms with Crippen molar-refractivity contribution in [1.29, 1.82) is 0 Å². The van der Waals surface area contributed by atoms with Crippen LogP contribution in [0, 0.1) is 12.7 Å². The number of carbonyl (C=O) groups excluding carboxylic acids is 1. The molecule has 4 aromatic rings. The van der Waals surface area contributed by atoms with Crippen LogP contribution >= 0.6 is 11.6 Å². The molecule has 0 aliphatic rings. The Morgan fingerprint density at radius 1 is 1.10 bits per heavy atom. The van der Waals surface area contributed by atoms with Gasteiger partial charge in [-0.15, -0.1) is 0 Å². The summed E-state index contributed by atoms with van der Waals surface area (Å²) >= 11 is 6.15. The number of anilines is 1. The molecule has 3 aromatic carbocycles. The summed E-state index contributed by atoms with van der Waals surface area (Å²) in [6.07, 6.45) is 0. The number of hydrogen-bond acceptors (Lipinski definition) is 4. The van der Waals surface area contributed by atoms with E-state index in [0.717, 1.165) is 5.56 Å². The van der Waals surface area contributed by atoms with Crippen molar-refractivity contribution < 1.29 is 18.4 Å². The van der Waals surface area contributed by atoms with Gasteiger partial charge in [0, 0.05) is 11.8 Å². The van der Waals surface area contributed by atoms with Gasteiger partial charge in [-0.2, -0.15) is 0 Å². The molecule has 1 aromatic heterocycles. The minimum atomic E-state index is -0.592. The van der Waals surface area contributed by atoms with E-state index in [2.05, 4.69) is 10.5 Å². The Bertz CT molecular complexity index is 1200. The van der Waals surface area contributed by atoms with Crippen LogP contribution in [0.3, 0.4) is 0 Å². The molecule has 0 aliphatic carbocycles. The van der Waals surface area contributed by atoms with Gasteiger partial charge in [-0.05, 0) is 36.8 Å². The van der Waals surface area contributed by atoms with Crippen molar-refractivity contribution in [2.75, 3.05) is 5.32 Å². The number of carbonyl (C=O) groups is 1. The Kier molecular flexibility index (Phi) is 6.00. The van der Waals surface area contributed by atoms with Crippen LogP contribution in [-0.4, -0.2) is 11.1 Å². The number of ether oxygens (including phenoxy) is 1. The van der Waals surface area contributed by atoms with Crippen LogP contribution in [0.15, 0.2) is 77.3 Å². The van der Waals surface area contributed by atoms with E-state index in [-0.39, 0.29) is 27.6 Å². The lowest BCUT2D eigenvalue weighted by atomic mass is 10.0. The molecule has 0 atom stereocenters. The Morgan fingerprint density at radius 2 is 1.87 bits per heavy atom. The fraction of sp³-hybridized carbons (Fsp3) is 0.0833. The van der Waals surface area contributed by atoms with Crippen LogP contribution in [-0.2, 0) is 6.61 Å². The molecule has 0 unspecified atom stereocenters. The quantitative estimate of drug-likeness (QED) is 0.386. The minimum Gasteiger partial charge on any atom is -0.489 e. The van der Waals surface area contributed by atoms with Crippen LogP contribution in [0.1, 0.15) is 21.7 Å². The average Bonchev–Trinajstić information content (AvgIpc) is 3.14. The summed E-state index contributed by atoms with van der Waals surface area (Å²) in [5.41, 5.74) is 1.73. The van der Waals surface area contributed by atoms with Gasteiger partial charge in [-0.3, -0.25) is 4.79 Å². The molecule has 156 valence electrons. The largest absolute Gasteiger partial charge is 0.489 e. The van der Waals surface area contributed by atoms with Crippen LogP contribution in [0.4, 0.5) is 10.1 Å². The standard InChI is InChI=1S/C24H18ClFN2O3/c1-15-21(23(28-31-15)22-19(25)11-6-12-20(22)26)24(29)27-17-9-5-10-18(13-17)30-14-16-7-3-2-4-8-16/h2-13H,14H2,1H3,(H,27,29). The SMILES string of the molecule is Cc1onc(-c2c(F)cccc2Cl)c1C(=O)Nc1cccc(OCc2ccccc2)c1. The van der Waals surface area contributed by atoms with Crippen LogP contribution < -0.4 is 10.1 Å². The van der Waals surface area contributed by atoms with Crippen molar-refractivity contribution in [1.82, 2.24) is 5.16 Å². The average molecular weight is 437 g/mol. The molecule has 1 N–H and O–H groups in total. The second kappa shape index (κ2) is 9.02. The first-order valence-electron chi connectivity index (χ1n) is 9.51. The maximum Gasteiger partial charge on any atom is 0.261 e. The first-order chi connectivity index (χ1) is 15.0. The zero-order valence-corrected chi connectivity index (χ0v) is 17.3. The highest BCUT2D eigenvalue weighted by Crippen LogP contribution is 2.34. The summed E-state index contributed by atoms with van der Waals surface area (Å²) in [7, 11) is 0. The molecule has 7 heteroatoms. The molecule has 1 amide bonds. The van der Waals surface area contributed by atoms with Gasteiger partial charge < -0.3 is 14.6 Å². The lowest BCUT2D eigenvalue weighted by molar-refractivity contribution is 0.102. The van der Waals surface area contributed by atoms with Gasteiger partial charge in [-0.25, -0.2) is 4.39 Å². The van der Waals surface area contributed by atoms with Crippen LogP contribution in [0.5, 0.6) is 5.75 Å². The first-order valence-corrected chi connectivity index (χ1v) is 9.89. The summed E-state index contributed by atoms with van der Waals surface area (Å²) in [4.78, 5) is 13.0. The number of amides is 1. The van der Waals surface area contributed by atoms with Gasteiger partial charge in [-0.1, -0.05) is 59.2 Å². The highest BCUT2D eigenvalue weighted by Gasteiger charge is 2.25. The third kappa shape index (κ3) is 4.59. The van der Waals surface area contributed by atoms with Gasteiger partial charge in [0.1, 0.15) is 35.2 Å². The molecule has 31 heavy (non-hydrogen) atoms. The number of aryl methyl sites for hydroxylation is 1. The number of benzene rings is 3. The van der Waals surface area contributed by atoms with E-state index in [1.165, 1.54) is 18.2 Å². The van der Waals surface area contributed by atoms with Gasteiger partial charge in [0.05, 0.1) is 10.6 Å². The van der Waals surface area contributed by atoms with Crippen molar-refractivity contribution in [2.24, 2.45) is 0 Å². The Morgan fingerprint density at radius 3 is 2.65 bits per heavy atom. The van der Waals surface area contributed by atoms with Crippen LogP contribution in [0.2, 0.25) is 5.02 Å². The lowest BCUT2D eigenvalue weighted by Crippen LogP contribution is -2.14. The molecule has 0 saturated heterocycles. The molecule has 0 bridgehead atoms. The topological polar surface area (TPSA) is 64.4 Å². The van der Waals surface area contributed by atoms with E-state index in [0.29, 0.717) is 18.0 Å². The fourth-order valence-electron chi connectivity index (χ4n) is 3.13. The predicted molar refractivity (Wildman–Crippen MR) is 117 cm³/mol. The highest BCUT2D eigenvalue weighted by atomic mass is 35.5. The number of hydrogen-bond donors (Lipinski definition) is 1. The van der Waals surface area contributed by atoms with E-state index >= 15 is 0 Å². The Balaban J connectivity index is 1.55. The number of nitrogens with one attached hydrogen (secondary N) is 1. The summed E-state index contributed by atoms with van der Waals surface area (Å²) in [5, 5.41) is 6.79. The molecule has 4 rings (SSSR count). The smallest absolute Gasteiger partial charge is 0.261 e. The zero-order chi connectivity index (χ0) is 21.8. The molecule has 0 spiro atoms. The van der Waals surface area contributed by atoms with Crippen molar-refractivity contribution in [3.8, 4) is 17.0 Å². The predicted octanol–water partition coefficient (Wildman–Crippen LogP) is 6.27. The maximum atomic E-state index is 14.4. The Labute approximate surface area is 183 Å². The van der Waals surface area contributed by atoms with Crippen molar-refractivity contribution >= 4 is 23.2 Å². The van der Waals surface area contributed by atoms with Crippen LogP contribution in [0.25, 0.3) is 11.3 Å². The summed E-state index contributed by atoms with van der Waals surface area (Å²) in [5.74, 6) is -0.233. The van der Waals surface area contributed by atoms with Crippen molar-refractivity contribution in [2.45, 2.75) is 13.5 Å². The summed E-state index contributed by atoms with van der Waals surface area (Å²) in [6, 6.07) is 21.0.